The van der Waals surface area contributed by atoms with Gasteiger partial charge in [-0.15, -0.1) is 0 Å². The van der Waals surface area contributed by atoms with Crippen molar-refractivity contribution < 1.29 is 9.91 Å². The molecule has 1 aromatic heterocycles. The minimum Gasteiger partial charge on any atom is -0.286 e. The van der Waals surface area contributed by atoms with E-state index < -0.39 is 4.92 Å². The third-order valence-corrected chi connectivity index (χ3v) is 4.44. The highest BCUT2D eigenvalue weighted by Gasteiger charge is 2.26. The highest BCUT2D eigenvalue weighted by molar-refractivity contribution is 6.32. The predicted octanol–water partition coefficient (Wildman–Crippen LogP) is 3.06. The van der Waals surface area contributed by atoms with Crippen molar-refractivity contribution in [3.63, 3.8) is 0 Å². The molecule has 23 heavy (non-hydrogen) atoms. The molecule has 1 heterocycles. The monoisotopic (exact) mass is 329 g/mol. The number of anilines is 1. The van der Waals surface area contributed by atoms with Gasteiger partial charge in [0.05, 0.1) is 4.92 Å². The molecule has 0 unspecified atom stereocenters. The number of hydrogen-bond acceptors (Lipinski definition) is 4. The fourth-order valence-electron chi connectivity index (χ4n) is 3.07. The fraction of sp³-hybridized carbons (Fsp3) is 0.250. The van der Waals surface area contributed by atoms with Gasteiger partial charge in [-0.2, -0.15) is 5.26 Å². The minimum atomic E-state index is -0.525. The van der Waals surface area contributed by atoms with E-state index in [1.54, 1.807) is 6.07 Å². The molecule has 0 radical (unpaired) electrons. The Kier molecular flexibility index (Phi) is 3.89. The SMILES string of the molecule is N#Cc1c(N)[nH+]c2c(c1-c1ccc(Cl)c([N+](=O)[O-])c1)CCCC2. The van der Waals surface area contributed by atoms with Crippen molar-refractivity contribution in [2.24, 2.45) is 0 Å². The van der Waals surface area contributed by atoms with Crippen LogP contribution >= 0.6 is 11.6 Å². The number of aromatic nitrogens is 1. The summed E-state index contributed by atoms with van der Waals surface area (Å²) in [4.78, 5) is 13.7. The zero-order valence-electron chi connectivity index (χ0n) is 12.2. The Balaban J connectivity index is 2.31. The van der Waals surface area contributed by atoms with Crippen LogP contribution in [-0.4, -0.2) is 4.92 Å². The molecule has 3 N–H and O–H groups in total. The molecule has 1 aliphatic carbocycles. The molecule has 1 aromatic carbocycles. The van der Waals surface area contributed by atoms with Crippen LogP contribution < -0.4 is 10.7 Å². The number of H-pyrrole nitrogens is 1. The van der Waals surface area contributed by atoms with Crippen molar-refractivity contribution in [1.82, 2.24) is 0 Å². The van der Waals surface area contributed by atoms with Crippen molar-refractivity contribution in [2.75, 3.05) is 5.73 Å². The van der Waals surface area contributed by atoms with E-state index in [0.29, 0.717) is 22.5 Å². The summed E-state index contributed by atoms with van der Waals surface area (Å²) >= 11 is 5.89. The summed E-state index contributed by atoms with van der Waals surface area (Å²) in [6.45, 7) is 0. The van der Waals surface area contributed by atoms with E-state index in [4.69, 9.17) is 17.3 Å². The fourth-order valence-corrected chi connectivity index (χ4v) is 3.26. The van der Waals surface area contributed by atoms with Gasteiger partial charge >= 0.3 is 0 Å². The molecule has 2 aromatic rings. The Labute approximate surface area is 137 Å². The lowest BCUT2D eigenvalue weighted by Crippen LogP contribution is -2.24. The van der Waals surface area contributed by atoms with Crippen LogP contribution in [0.3, 0.4) is 0 Å². The Morgan fingerprint density at radius 2 is 2.09 bits per heavy atom. The number of fused-ring (bicyclic) bond motifs is 1. The molecule has 7 heteroatoms. The number of nitrogens with two attached hydrogens (primary N) is 1. The molecule has 1 aliphatic rings. The first-order chi connectivity index (χ1) is 11.0. The summed E-state index contributed by atoms with van der Waals surface area (Å²) in [6, 6.07) is 6.70. The van der Waals surface area contributed by atoms with Gasteiger partial charge < -0.3 is 0 Å². The average Bonchev–Trinajstić information content (AvgIpc) is 2.54. The summed E-state index contributed by atoms with van der Waals surface area (Å²) in [5.41, 5.74) is 9.41. The Bertz CT molecular complexity index is 858. The maximum Gasteiger partial charge on any atom is 0.289 e. The van der Waals surface area contributed by atoms with E-state index in [9.17, 15) is 15.4 Å². The first-order valence-electron chi connectivity index (χ1n) is 7.24. The molecule has 0 bridgehead atoms. The normalized spacial score (nSPS) is 13.2. The van der Waals surface area contributed by atoms with Gasteiger partial charge in [0.15, 0.2) is 0 Å². The number of aryl methyl sites for hydroxylation is 1. The van der Waals surface area contributed by atoms with Crippen molar-refractivity contribution in [1.29, 1.82) is 5.26 Å². The third-order valence-electron chi connectivity index (χ3n) is 4.12. The molecule has 6 nitrogen and oxygen atoms in total. The van der Waals surface area contributed by atoms with Crippen LogP contribution in [0.5, 0.6) is 0 Å². The van der Waals surface area contributed by atoms with Crippen molar-refractivity contribution >= 4 is 23.1 Å². The van der Waals surface area contributed by atoms with E-state index in [1.165, 1.54) is 12.1 Å². The molecule has 0 amide bonds. The summed E-state index contributed by atoms with van der Waals surface area (Å²) < 4.78 is 0. The van der Waals surface area contributed by atoms with Crippen LogP contribution in [0, 0.1) is 21.4 Å². The summed E-state index contributed by atoms with van der Waals surface area (Å²) in [6.07, 6.45) is 3.73. The maximum atomic E-state index is 11.1. The van der Waals surface area contributed by atoms with Crippen molar-refractivity contribution in [3.05, 3.63) is 50.2 Å². The van der Waals surface area contributed by atoms with Crippen molar-refractivity contribution in [3.8, 4) is 17.2 Å². The first kappa shape index (κ1) is 15.3. The number of hydrogen-bond donors (Lipinski definition) is 1. The smallest absolute Gasteiger partial charge is 0.286 e. The van der Waals surface area contributed by atoms with Gasteiger partial charge in [-0.25, -0.2) is 4.98 Å². The van der Waals surface area contributed by atoms with Crippen LogP contribution in [-0.2, 0) is 12.8 Å². The molecule has 0 saturated carbocycles. The van der Waals surface area contributed by atoms with Gasteiger partial charge in [0.25, 0.3) is 11.5 Å². The second-order valence-electron chi connectivity index (χ2n) is 5.49. The number of nitrogens with zero attached hydrogens (tertiary/aromatic N) is 2. The number of nitrogen functional groups attached to an aromatic ring is 1. The topological polar surface area (TPSA) is 107 Å². The quantitative estimate of drug-likeness (QED) is 0.674. The number of nitrogens with one attached hydrogen (secondary N) is 1. The van der Waals surface area contributed by atoms with Crippen LogP contribution in [0.1, 0.15) is 29.7 Å². The van der Waals surface area contributed by atoms with Gasteiger partial charge in [-0.3, -0.25) is 15.8 Å². The molecule has 0 fully saturated rings. The predicted molar refractivity (Wildman–Crippen MR) is 85.9 cm³/mol. The van der Waals surface area contributed by atoms with E-state index in [1.807, 2.05) is 0 Å². The second kappa shape index (κ2) is 5.86. The number of aromatic amines is 1. The minimum absolute atomic E-state index is 0.0709. The zero-order valence-corrected chi connectivity index (χ0v) is 13.0. The van der Waals surface area contributed by atoms with Crippen LogP contribution in [0.4, 0.5) is 11.5 Å². The number of nitro groups is 1. The highest BCUT2D eigenvalue weighted by atomic mass is 35.5. The van der Waals surface area contributed by atoms with Crippen molar-refractivity contribution in [2.45, 2.75) is 25.7 Å². The molecule has 0 spiro atoms. The van der Waals surface area contributed by atoms with Gasteiger partial charge in [0.1, 0.15) is 22.3 Å². The maximum absolute atomic E-state index is 11.1. The molecule has 3 rings (SSSR count). The molecular formula is C16H14ClN4O2+. The molecule has 0 atom stereocenters. The number of rotatable bonds is 2. The van der Waals surface area contributed by atoms with Crippen LogP contribution in [0.25, 0.3) is 11.1 Å². The zero-order chi connectivity index (χ0) is 16.6. The third kappa shape index (κ3) is 2.60. The van der Waals surface area contributed by atoms with E-state index >= 15 is 0 Å². The largest absolute Gasteiger partial charge is 0.289 e. The lowest BCUT2D eigenvalue weighted by atomic mass is 9.86. The van der Waals surface area contributed by atoms with E-state index in [2.05, 4.69) is 11.1 Å². The summed E-state index contributed by atoms with van der Waals surface area (Å²) in [7, 11) is 0. The molecular weight excluding hydrogens is 316 g/mol. The standard InChI is InChI=1S/C16H13ClN4O2/c17-12-6-5-9(7-14(12)21(22)23)15-10-3-1-2-4-13(10)20-16(19)11(15)8-18/h5-7H,1-4H2,(H2,19,20)/p+1. The van der Waals surface area contributed by atoms with E-state index in [-0.39, 0.29) is 10.7 Å². The van der Waals surface area contributed by atoms with E-state index in [0.717, 1.165) is 36.9 Å². The summed E-state index contributed by atoms with van der Waals surface area (Å²) in [5.74, 6) is 0.292. The van der Waals surface area contributed by atoms with Crippen LogP contribution in [0.2, 0.25) is 5.02 Å². The van der Waals surface area contributed by atoms with Gasteiger partial charge in [0.2, 0.25) is 0 Å². The number of pyridine rings is 1. The lowest BCUT2D eigenvalue weighted by Gasteiger charge is -2.18. The highest BCUT2D eigenvalue weighted by Crippen LogP contribution is 2.37. The lowest BCUT2D eigenvalue weighted by molar-refractivity contribution is -0.384. The first-order valence-corrected chi connectivity index (χ1v) is 7.61. The Morgan fingerprint density at radius 3 is 2.78 bits per heavy atom. The number of nitriles is 1. The molecule has 116 valence electrons. The number of nitro benzene ring substituents is 1. The molecule has 0 aliphatic heterocycles. The Hall–Kier alpha value is -2.65. The second-order valence-corrected chi connectivity index (χ2v) is 5.90. The Morgan fingerprint density at radius 1 is 1.35 bits per heavy atom. The van der Waals surface area contributed by atoms with Gasteiger partial charge in [0, 0.05) is 23.6 Å². The average molecular weight is 330 g/mol. The van der Waals surface area contributed by atoms with Crippen LogP contribution in [0.15, 0.2) is 18.2 Å². The number of halogens is 1. The van der Waals surface area contributed by atoms with Gasteiger partial charge in [-0.05, 0) is 30.9 Å². The van der Waals surface area contributed by atoms with Gasteiger partial charge in [-0.1, -0.05) is 17.7 Å². The molecule has 0 saturated heterocycles. The summed E-state index contributed by atoms with van der Waals surface area (Å²) in [5, 5.41) is 20.7. The number of benzene rings is 1.